The first-order valence-electron chi connectivity index (χ1n) is 8.34. The molecule has 1 aromatic rings. The van der Waals surface area contributed by atoms with Crippen LogP contribution < -0.4 is 5.32 Å². The molecule has 2 heterocycles. The normalized spacial score (nSPS) is 21.3. The first-order valence-corrected chi connectivity index (χ1v) is 8.34. The first-order chi connectivity index (χ1) is 11.4. The van der Waals surface area contributed by atoms with Gasteiger partial charge in [0.05, 0.1) is 6.54 Å². The summed E-state index contributed by atoms with van der Waals surface area (Å²) in [6, 6.07) is 0.300. The Morgan fingerprint density at radius 3 is 2.42 bits per heavy atom. The lowest BCUT2D eigenvalue weighted by Gasteiger charge is -2.30. The second kappa shape index (κ2) is 7.08. The van der Waals surface area contributed by atoms with Gasteiger partial charge in [-0.2, -0.15) is 13.2 Å². The van der Waals surface area contributed by atoms with E-state index < -0.39 is 12.1 Å². The van der Waals surface area contributed by atoms with Gasteiger partial charge in [0, 0.05) is 12.0 Å². The smallest absolute Gasteiger partial charge is 0.417 e. The Labute approximate surface area is 137 Å². The van der Waals surface area contributed by atoms with Crippen molar-refractivity contribution < 1.29 is 22.4 Å². The lowest BCUT2D eigenvalue weighted by Crippen LogP contribution is -2.43. The SMILES string of the molecule is O=C(CN1CCC(c2nnc(C(F)(F)F)o2)CC1)NC1CCCC1. The van der Waals surface area contributed by atoms with Crippen LogP contribution in [0.1, 0.15) is 56.2 Å². The molecule has 1 amide bonds. The number of halogens is 3. The predicted molar refractivity (Wildman–Crippen MR) is 78.1 cm³/mol. The fourth-order valence-electron chi connectivity index (χ4n) is 3.40. The Morgan fingerprint density at radius 1 is 1.17 bits per heavy atom. The molecule has 1 aromatic heterocycles. The van der Waals surface area contributed by atoms with Crippen molar-refractivity contribution in [1.29, 1.82) is 0 Å². The largest absolute Gasteiger partial charge is 0.470 e. The van der Waals surface area contributed by atoms with E-state index in [0.29, 0.717) is 38.5 Å². The number of amides is 1. The van der Waals surface area contributed by atoms with Crippen molar-refractivity contribution in [2.24, 2.45) is 0 Å². The van der Waals surface area contributed by atoms with E-state index in [4.69, 9.17) is 4.42 Å². The topological polar surface area (TPSA) is 71.3 Å². The molecule has 1 saturated carbocycles. The minimum Gasteiger partial charge on any atom is -0.417 e. The van der Waals surface area contributed by atoms with Crippen LogP contribution in [0.4, 0.5) is 13.2 Å². The maximum Gasteiger partial charge on any atom is 0.470 e. The van der Waals surface area contributed by atoms with Crippen molar-refractivity contribution in [2.75, 3.05) is 19.6 Å². The van der Waals surface area contributed by atoms with Crippen LogP contribution in [0.5, 0.6) is 0 Å². The van der Waals surface area contributed by atoms with Crippen LogP contribution in [-0.2, 0) is 11.0 Å². The minimum atomic E-state index is -4.61. The third-order valence-electron chi connectivity index (χ3n) is 4.71. The second-order valence-corrected chi connectivity index (χ2v) is 6.54. The third-order valence-corrected chi connectivity index (χ3v) is 4.71. The lowest BCUT2D eigenvalue weighted by atomic mass is 9.97. The van der Waals surface area contributed by atoms with Crippen LogP contribution in [0.15, 0.2) is 4.42 Å². The van der Waals surface area contributed by atoms with Gasteiger partial charge in [0.15, 0.2) is 0 Å². The number of nitrogens with one attached hydrogen (secondary N) is 1. The number of aromatic nitrogens is 2. The summed E-state index contributed by atoms with van der Waals surface area (Å²) in [5.41, 5.74) is 0. The number of hydrogen-bond acceptors (Lipinski definition) is 5. The van der Waals surface area contributed by atoms with Crippen molar-refractivity contribution in [3.63, 3.8) is 0 Å². The number of carbonyl (C=O) groups is 1. The van der Waals surface area contributed by atoms with E-state index in [2.05, 4.69) is 15.5 Å². The maximum atomic E-state index is 12.5. The van der Waals surface area contributed by atoms with Crippen molar-refractivity contribution in [2.45, 2.75) is 56.7 Å². The number of piperidine rings is 1. The highest BCUT2D eigenvalue weighted by molar-refractivity contribution is 5.78. The molecule has 1 aliphatic carbocycles. The van der Waals surface area contributed by atoms with Crippen molar-refractivity contribution in [1.82, 2.24) is 20.4 Å². The van der Waals surface area contributed by atoms with Gasteiger partial charge in [0.25, 0.3) is 0 Å². The average molecular weight is 346 g/mol. The quantitative estimate of drug-likeness (QED) is 0.906. The zero-order chi connectivity index (χ0) is 17.2. The van der Waals surface area contributed by atoms with E-state index in [-0.39, 0.29) is 17.7 Å². The molecule has 24 heavy (non-hydrogen) atoms. The van der Waals surface area contributed by atoms with Gasteiger partial charge in [-0.05, 0) is 38.8 Å². The summed E-state index contributed by atoms with van der Waals surface area (Å²) in [6.45, 7) is 1.60. The number of rotatable bonds is 4. The maximum absolute atomic E-state index is 12.5. The fourth-order valence-corrected chi connectivity index (χ4v) is 3.40. The molecule has 0 unspecified atom stereocenters. The molecule has 3 rings (SSSR count). The van der Waals surface area contributed by atoms with Crippen LogP contribution in [0.3, 0.4) is 0 Å². The second-order valence-electron chi connectivity index (χ2n) is 6.54. The van der Waals surface area contributed by atoms with E-state index in [1.54, 1.807) is 0 Å². The molecule has 2 fully saturated rings. The number of hydrogen-bond donors (Lipinski definition) is 1. The molecule has 0 radical (unpaired) electrons. The summed E-state index contributed by atoms with van der Waals surface area (Å²) in [5, 5.41) is 9.64. The number of likely N-dealkylation sites (tertiary alicyclic amines) is 1. The van der Waals surface area contributed by atoms with Gasteiger partial charge >= 0.3 is 12.1 Å². The van der Waals surface area contributed by atoms with Crippen molar-refractivity contribution >= 4 is 5.91 Å². The predicted octanol–water partition coefficient (Wildman–Crippen LogP) is 2.33. The summed E-state index contributed by atoms with van der Waals surface area (Å²) in [7, 11) is 0. The molecule has 6 nitrogen and oxygen atoms in total. The minimum absolute atomic E-state index is 0.0255. The molecule has 0 atom stereocenters. The van der Waals surface area contributed by atoms with Crippen LogP contribution in [0.25, 0.3) is 0 Å². The van der Waals surface area contributed by atoms with E-state index in [1.165, 1.54) is 12.8 Å². The molecule has 0 bridgehead atoms. The molecule has 134 valence electrons. The molecular weight excluding hydrogens is 325 g/mol. The summed E-state index contributed by atoms with van der Waals surface area (Å²) < 4.78 is 42.2. The van der Waals surface area contributed by atoms with Crippen LogP contribution >= 0.6 is 0 Å². The molecule has 0 spiro atoms. The van der Waals surface area contributed by atoms with Gasteiger partial charge in [0.1, 0.15) is 0 Å². The molecular formula is C15H21F3N4O2. The van der Waals surface area contributed by atoms with Crippen LogP contribution in [0.2, 0.25) is 0 Å². The number of carbonyl (C=O) groups excluding carboxylic acids is 1. The van der Waals surface area contributed by atoms with Gasteiger partial charge in [-0.15, -0.1) is 10.2 Å². The lowest BCUT2D eigenvalue weighted by molar-refractivity contribution is -0.157. The number of nitrogens with zero attached hydrogens (tertiary/aromatic N) is 3. The average Bonchev–Trinajstić information content (AvgIpc) is 3.18. The Hall–Kier alpha value is -1.64. The van der Waals surface area contributed by atoms with Gasteiger partial charge in [0.2, 0.25) is 11.8 Å². The van der Waals surface area contributed by atoms with E-state index in [0.717, 1.165) is 12.8 Å². The van der Waals surface area contributed by atoms with Crippen LogP contribution in [-0.4, -0.2) is 46.7 Å². The number of alkyl halides is 3. The van der Waals surface area contributed by atoms with Crippen molar-refractivity contribution in [3.8, 4) is 0 Å². The highest BCUT2D eigenvalue weighted by Gasteiger charge is 2.39. The zero-order valence-corrected chi connectivity index (χ0v) is 13.3. The Bertz CT molecular complexity index is 561. The monoisotopic (exact) mass is 346 g/mol. The molecule has 1 aliphatic heterocycles. The van der Waals surface area contributed by atoms with Gasteiger partial charge < -0.3 is 9.73 Å². The molecule has 0 aromatic carbocycles. The Balaban J connectivity index is 1.45. The molecule has 1 saturated heterocycles. The summed E-state index contributed by atoms with van der Waals surface area (Å²) in [4.78, 5) is 14.0. The van der Waals surface area contributed by atoms with Gasteiger partial charge in [-0.25, -0.2) is 0 Å². The van der Waals surface area contributed by atoms with E-state index >= 15 is 0 Å². The highest BCUT2D eigenvalue weighted by atomic mass is 19.4. The molecule has 9 heteroatoms. The van der Waals surface area contributed by atoms with E-state index in [9.17, 15) is 18.0 Å². The fraction of sp³-hybridized carbons (Fsp3) is 0.800. The third kappa shape index (κ3) is 4.25. The Kier molecular flexibility index (Phi) is 5.07. The standard InChI is InChI=1S/C15H21F3N4O2/c16-15(17,18)14-21-20-13(24-14)10-5-7-22(8-6-10)9-12(23)19-11-3-1-2-4-11/h10-11H,1-9H2,(H,19,23). The summed E-state index contributed by atoms with van der Waals surface area (Å²) >= 11 is 0. The van der Waals surface area contributed by atoms with E-state index in [1.807, 2.05) is 4.90 Å². The Morgan fingerprint density at radius 2 is 1.83 bits per heavy atom. The zero-order valence-electron chi connectivity index (χ0n) is 13.3. The highest BCUT2D eigenvalue weighted by Crippen LogP contribution is 2.32. The molecule has 2 aliphatic rings. The van der Waals surface area contributed by atoms with Crippen LogP contribution in [0, 0.1) is 0 Å². The van der Waals surface area contributed by atoms with Gasteiger partial charge in [-0.1, -0.05) is 12.8 Å². The van der Waals surface area contributed by atoms with Gasteiger partial charge in [-0.3, -0.25) is 9.69 Å². The summed E-state index contributed by atoms with van der Waals surface area (Å²) in [6.07, 6.45) is 1.04. The van der Waals surface area contributed by atoms with Crippen molar-refractivity contribution in [3.05, 3.63) is 11.8 Å². The summed E-state index contributed by atoms with van der Waals surface area (Å²) in [5.74, 6) is -1.41. The molecule has 1 N–H and O–H groups in total. The first kappa shape index (κ1) is 17.2.